The monoisotopic (exact) mass is 350 g/mol. The number of hydrogen-bond acceptors (Lipinski definition) is 7. The summed E-state index contributed by atoms with van der Waals surface area (Å²) < 4.78 is 10.8. The van der Waals surface area contributed by atoms with Crippen LogP contribution in [0.15, 0.2) is 40.5 Å². The number of ether oxygens (including phenoxy) is 2. The summed E-state index contributed by atoms with van der Waals surface area (Å²) in [6, 6.07) is 0.122. The Morgan fingerprint density at radius 1 is 1.48 bits per heavy atom. The summed E-state index contributed by atoms with van der Waals surface area (Å²) >= 11 is 0. The van der Waals surface area contributed by atoms with Crippen LogP contribution < -0.4 is 10.6 Å². The molecule has 1 aliphatic heterocycles. The molecule has 0 aromatic heterocycles. The molecule has 140 valence electrons. The van der Waals surface area contributed by atoms with Crippen molar-refractivity contribution >= 4 is 11.9 Å². The maximum Gasteiger partial charge on any atom is 0.139 e. The molecule has 0 aromatic carbocycles. The van der Waals surface area contributed by atoms with Crippen molar-refractivity contribution in [1.29, 1.82) is 5.41 Å². The highest BCUT2D eigenvalue weighted by Gasteiger charge is 2.25. The standard InChI is InChI=1S/C18H30N4O3/c1-12(9-19)18(20-4)13(2)14(3)21-17(10-23)22-15-8-16(25-11-15)6-7-24-5/h9-10,15-16,19,21-23H,1,6-8,11H2,2-5H3/b14-13+,17-10+,19-9?,20-18-/t15-,16?/m1/s1. The fraction of sp³-hybridized carbons (Fsp3) is 0.556. The Hall–Kier alpha value is -2.12. The number of allylic oxidation sites excluding steroid dienone is 3. The number of methoxy groups -OCH3 is 1. The minimum absolute atomic E-state index is 0.122. The van der Waals surface area contributed by atoms with Gasteiger partial charge in [0.2, 0.25) is 0 Å². The molecule has 2 atom stereocenters. The molecule has 1 rings (SSSR count). The molecule has 7 nitrogen and oxygen atoms in total. The van der Waals surface area contributed by atoms with E-state index in [1.54, 1.807) is 14.2 Å². The van der Waals surface area contributed by atoms with Gasteiger partial charge in [0.15, 0.2) is 0 Å². The quantitative estimate of drug-likeness (QED) is 0.358. The highest BCUT2D eigenvalue weighted by molar-refractivity contribution is 6.22. The second-order valence-electron chi connectivity index (χ2n) is 5.97. The van der Waals surface area contributed by atoms with Gasteiger partial charge in [0.1, 0.15) is 12.1 Å². The third-order valence-electron chi connectivity index (χ3n) is 4.16. The second kappa shape index (κ2) is 10.7. The summed E-state index contributed by atoms with van der Waals surface area (Å²) in [6.45, 7) is 8.86. The maximum absolute atomic E-state index is 9.52. The van der Waals surface area contributed by atoms with Crippen LogP contribution in [0.1, 0.15) is 26.7 Å². The molecule has 0 spiro atoms. The van der Waals surface area contributed by atoms with Crippen LogP contribution in [0, 0.1) is 5.41 Å². The Kier molecular flexibility index (Phi) is 8.94. The van der Waals surface area contributed by atoms with Gasteiger partial charge in [-0.15, -0.1) is 0 Å². The average molecular weight is 350 g/mol. The van der Waals surface area contributed by atoms with E-state index in [1.165, 1.54) is 6.21 Å². The first kappa shape index (κ1) is 20.9. The normalized spacial score (nSPS) is 22.4. The molecule has 0 bridgehead atoms. The summed E-state index contributed by atoms with van der Waals surface area (Å²) in [5, 5.41) is 23.3. The highest BCUT2D eigenvalue weighted by atomic mass is 16.5. The number of aliphatic imine (C=N–C) groups is 1. The smallest absolute Gasteiger partial charge is 0.139 e. The maximum atomic E-state index is 9.52. The Bertz CT molecular complexity index is 567. The van der Waals surface area contributed by atoms with Gasteiger partial charge in [-0.25, -0.2) is 0 Å². The fourth-order valence-corrected chi connectivity index (χ4v) is 2.68. The molecule has 0 radical (unpaired) electrons. The summed E-state index contributed by atoms with van der Waals surface area (Å²) in [6.07, 6.45) is 4.07. The second-order valence-corrected chi connectivity index (χ2v) is 5.97. The van der Waals surface area contributed by atoms with E-state index in [2.05, 4.69) is 22.2 Å². The molecule has 1 aliphatic rings. The van der Waals surface area contributed by atoms with E-state index in [4.69, 9.17) is 14.9 Å². The minimum Gasteiger partial charge on any atom is -0.512 e. The number of aliphatic hydroxyl groups excluding tert-OH is 1. The van der Waals surface area contributed by atoms with Crippen LogP contribution in [0.3, 0.4) is 0 Å². The molecule has 0 amide bonds. The van der Waals surface area contributed by atoms with Crippen LogP contribution in [0.2, 0.25) is 0 Å². The third-order valence-corrected chi connectivity index (χ3v) is 4.16. The molecule has 1 saturated heterocycles. The molecule has 1 fully saturated rings. The Balaban J connectivity index is 2.68. The number of hydrogen-bond donors (Lipinski definition) is 4. The van der Waals surface area contributed by atoms with E-state index in [0.717, 1.165) is 30.4 Å². The van der Waals surface area contributed by atoms with Gasteiger partial charge in [-0.3, -0.25) is 4.99 Å². The zero-order valence-corrected chi connectivity index (χ0v) is 15.6. The molecular weight excluding hydrogens is 320 g/mol. The van der Waals surface area contributed by atoms with Crippen LogP contribution in [0.5, 0.6) is 0 Å². The van der Waals surface area contributed by atoms with E-state index in [9.17, 15) is 5.11 Å². The van der Waals surface area contributed by atoms with Crippen molar-refractivity contribution in [2.24, 2.45) is 4.99 Å². The predicted molar refractivity (Wildman–Crippen MR) is 101 cm³/mol. The predicted octanol–water partition coefficient (Wildman–Crippen LogP) is 2.29. The lowest BCUT2D eigenvalue weighted by Gasteiger charge is -2.19. The first-order chi connectivity index (χ1) is 12.0. The summed E-state index contributed by atoms with van der Waals surface area (Å²) in [5.41, 5.74) is 2.86. The van der Waals surface area contributed by atoms with E-state index >= 15 is 0 Å². The number of rotatable bonds is 10. The van der Waals surface area contributed by atoms with Crippen molar-refractivity contribution in [3.05, 3.63) is 35.5 Å². The Labute approximate surface area is 150 Å². The van der Waals surface area contributed by atoms with Crippen LogP contribution in [-0.4, -0.2) is 56.5 Å². The third kappa shape index (κ3) is 6.36. The van der Waals surface area contributed by atoms with E-state index in [0.29, 0.717) is 30.3 Å². The van der Waals surface area contributed by atoms with Crippen molar-refractivity contribution in [1.82, 2.24) is 10.6 Å². The SMILES string of the molecule is C=C(C=N)C(=N/C)/C(C)=C(\C)N/C(=C\O)N[C@H]1COC(CCOC)C1. The lowest BCUT2D eigenvalue weighted by Crippen LogP contribution is -2.35. The van der Waals surface area contributed by atoms with Crippen molar-refractivity contribution < 1.29 is 14.6 Å². The number of aliphatic hydroxyl groups is 1. The van der Waals surface area contributed by atoms with Crippen LogP contribution in [0.4, 0.5) is 0 Å². The van der Waals surface area contributed by atoms with Gasteiger partial charge in [-0.1, -0.05) is 6.58 Å². The molecule has 0 aliphatic carbocycles. The minimum atomic E-state index is 0.122. The van der Waals surface area contributed by atoms with Crippen LogP contribution in [-0.2, 0) is 9.47 Å². The lowest BCUT2D eigenvalue weighted by molar-refractivity contribution is 0.0740. The molecular formula is C18H30N4O3. The molecule has 25 heavy (non-hydrogen) atoms. The van der Waals surface area contributed by atoms with Gasteiger partial charge in [0, 0.05) is 38.2 Å². The molecule has 0 saturated carbocycles. The summed E-state index contributed by atoms with van der Waals surface area (Å²) in [5.74, 6) is 0.494. The molecule has 4 N–H and O–H groups in total. The van der Waals surface area contributed by atoms with Crippen molar-refractivity contribution in [3.8, 4) is 0 Å². The lowest BCUT2D eigenvalue weighted by atomic mass is 10.0. The molecule has 1 unspecified atom stereocenters. The molecule has 7 heteroatoms. The van der Waals surface area contributed by atoms with Crippen molar-refractivity contribution in [2.75, 3.05) is 27.4 Å². The van der Waals surface area contributed by atoms with Gasteiger partial charge < -0.3 is 30.6 Å². The largest absolute Gasteiger partial charge is 0.512 e. The summed E-state index contributed by atoms with van der Waals surface area (Å²) in [7, 11) is 3.34. The van der Waals surface area contributed by atoms with Crippen molar-refractivity contribution in [2.45, 2.75) is 38.8 Å². The first-order valence-electron chi connectivity index (χ1n) is 8.29. The number of nitrogens with zero attached hydrogens (tertiary/aromatic N) is 1. The van der Waals surface area contributed by atoms with Gasteiger partial charge in [0.05, 0.1) is 24.5 Å². The topological polar surface area (TPSA) is 99.0 Å². The highest BCUT2D eigenvalue weighted by Crippen LogP contribution is 2.17. The van der Waals surface area contributed by atoms with Crippen LogP contribution in [0.25, 0.3) is 0 Å². The molecule has 0 aromatic rings. The van der Waals surface area contributed by atoms with E-state index in [1.807, 2.05) is 13.8 Å². The zero-order chi connectivity index (χ0) is 18.8. The fourth-order valence-electron chi connectivity index (χ4n) is 2.68. The van der Waals surface area contributed by atoms with E-state index in [-0.39, 0.29) is 12.1 Å². The van der Waals surface area contributed by atoms with Crippen LogP contribution >= 0.6 is 0 Å². The van der Waals surface area contributed by atoms with Gasteiger partial charge in [-0.05, 0) is 32.3 Å². The Morgan fingerprint density at radius 3 is 2.76 bits per heavy atom. The molecule has 1 heterocycles. The number of nitrogens with one attached hydrogen (secondary N) is 3. The summed E-state index contributed by atoms with van der Waals surface area (Å²) in [4.78, 5) is 4.19. The van der Waals surface area contributed by atoms with E-state index < -0.39 is 0 Å². The zero-order valence-electron chi connectivity index (χ0n) is 15.6. The first-order valence-corrected chi connectivity index (χ1v) is 8.29. The van der Waals surface area contributed by atoms with Crippen molar-refractivity contribution in [3.63, 3.8) is 0 Å². The van der Waals surface area contributed by atoms with Gasteiger partial charge >= 0.3 is 0 Å². The van der Waals surface area contributed by atoms with Gasteiger partial charge in [-0.2, -0.15) is 0 Å². The van der Waals surface area contributed by atoms with Gasteiger partial charge in [0.25, 0.3) is 0 Å². The Morgan fingerprint density at radius 2 is 2.20 bits per heavy atom. The average Bonchev–Trinajstić information content (AvgIpc) is 3.06.